The zero-order valence-corrected chi connectivity index (χ0v) is 14.2. The SMILES string of the molecule is CCNC(=NCCOC)NCCNC(=O)c1ccc(C(F)(F)F)cc1. The number of amides is 1. The number of benzene rings is 1. The monoisotopic (exact) mass is 360 g/mol. The molecule has 1 rings (SSSR count). The first-order chi connectivity index (χ1) is 11.9. The molecule has 3 N–H and O–H groups in total. The summed E-state index contributed by atoms with van der Waals surface area (Å²) < 4.78 is 42.4. The lowest BCUT2D eigenvalue weighted by Gasteiger charge is -2.12. The second-order valence-electron chi connectivity index (χ2n) is 5.01. The topological polar surface area (TPSA) is 74.8 Å². The van der Waals surface area contributed by atoms with E-state index in [9.17, 15) is 18.0 Å². The van der Waals surface area contributed by atoms with Gasteiger partial charge in [-0.25, -0.2) is 0 Å². The highest BCUT2D eigenvalue weighted by Gasteiger charge is 2.30. The molecule has 0 saturated carbocycles. The number of nitrogens with zero attached hydrogens (tertiary/aromatic N) is 1. The zero-order chi connectivity index (χ0) is 18.7. The first-order valence-corrected chi connectivity index (χ1v) is 7.85. The van der Waals surface area contributed by atoms with Crippen LogP contribution in [0.1, 0.15) is 22.8 Å². The van der Waals surface area contributed by atoms with Crippen LogP contribution in [-0.4, -0.2) is 51.8 Å². The molecule has 0 aliphatic carbocycles. The van der Waals surface area contributed by atoms with E-state index >= 15 is 0 Å². The molecule has 0 spiro atoms. The van der Waals surface area contributed by atoms with Gasteiger partial charge < -0.3 is 20.7 Å². The van der Waals surface area contributed by atoms with Crippen molar-refractivity contribution in [3.8, 4) is 0 Å². The predicted octanol–water partition coefficient (Wildman–Crippen LogP) is 1.64. The van der Waals surface area contributed by atoms with E-state index in [0.29, 0.717) is 38.7 Å². The highest BCUT2D eigenvalue weighted by Crippen LogP contribution is 2.28. The number of carbonyl (C=O) groups excluding carboxylic acids is 1. The summed E-state index contributed by atoms with van der Waals surface area (Å²) in [5.41, 5.74) is -0.609. The van der Waals surface area contributed by atoms with Gasteiger partial charge in [0.25, 0.3) is 5.91 Å². The van der Waals surface area contributed by atoms with Gasteiger partial charge in [-0.05, 0) is 31.2 Å². The average molecular weight is 360 g/mol. The second kappa shape index (κ2) is 10.5. The summed E-state index contributed by atoms with van der Waals surface area (Å²) in [7, 11) is 1.59. The highest BCUT2D eigenvalue weighted by molar-refractivity contribution is 5.94. The Morgan fingerprint density at radius 3 is 2.32 bits per heavy atom. The summed E-state index contributed by atoms with van der Waals surface area (Å²) in [6.45, 7) is 4.35. The Hall–Kier alpha value is -2.29. The van der Waals surface area contributed by atoms with Crippen molar-refractivity contribution in [1.82, 2.24) is 16.0 Å². The Bertz CT molecular complexity index is 559. The van der Waals surface area contributed by atoms with Gasteiger partial charge in [0.1, 0.15) is 0 Å². The van der Waals surface area contributed by atoms with Gasteiger partial charge >= 0.3 is 6.18 Å². The van der Waals surface area contributed by atoms with Crippen molar-refractivity contribution in [1.29, 1.82) is 0 Å². The Morgan fingerprint density at radius 1 is 1.12 bits per heavy atom. The van der Waals surface area contributed by atoms with E-state index in [1.165, 1.54) is 0 Å². The zero-order valence-electron chi connectivity index (χ0n) is 14.2. The molecule has 25 heavy (non-hydrogen) atoms. The van der Waals surface area contributed by atoms with Crippen molar-refractivity contribution < 1.29 is 22.7 Å². The fourth-order valence-electron chi connectivity index (χ4n) is 1.86. The summed E-state index contributed by atoms with van der Waals surface area (Å²) in [6.07, 6.45) is -4.41. The van der Waals surface area contributed by atoms with Gasteiger partial charge in [-0.15, -0.1) is 0 Å². The molecule has 9 heteroatoms. The lowest BCUT2D eigenvalue weighted by Crippen LogP contribution is -2.41. The van der Waals surface area contributed by atoms with Crippen LogP contribution in [0.4, 0.5) is 13.2 Å². The van der Waals surface area contributed by atoms with Crippen molar-refractivity contribution >= 4 is 11.9 Å². The fraction of sp³-hybridized carbons (Fsp3) is 0.500. The largest absolute Gasteiger partial charge is 0.416 e. The van der Waals surface area contributed by atoms with Crippen molar-refractivity contribution in [3.05, 3.63) is 35.4 Å². The van der Waals surface area contributed by atoms with Crippen LogP contribution in [0.5, 0.6) is 0 Å². The standard InChI is InChI=1S/C16H23F3N4O2/c1-3-20-15(23-10-11-25-2)22-9-8-21-14(24)12-4-6-13(7-5-12)16(17,18)19/h4-7H,3,8-11H2,1-2H3,(H,21,24)(H2,20,22,23). The van der Waals surface area contributed by atoms with Crippen LogP contribution in [0.3, 0.4) is 0 Å². The Kier molecular flexibility index (Phi) is 8.76. The van der Waals surface area contributed by atoms with Gasteiger partial charge in [0.05, 0.1) is 18.7 Å². The highest BCUT2D eigenvalue weighted by atomic mass is 19.4. The molecular formula is C16H23F3N4O2. The molecule has 0 atom stereocenters. The number of hydrogen-bond donors (Lipinski definition) is 3. The number of guanidine groups is 1. The Morgan fingerprint density at radius 2 is 1.76 bits per heavy atom. The second-order valence-corrected chi connectivity index (χ2v) is 5.01. The van der Waals surface area contributed by atoms with Gasteiger partial charge in [-0.1, -0.05) is 0 Å². The van der Waals surface area contributed by atoms with E-state index in [2.05, 4.69) is 20.9 Å². The molecule has 6 nitrogen and oxygen atoms in total. The van der Waals surface area contributed by atoms with Gasteiger partial charge in [0.15, 0.2) is 5.96 Å². The van der Waals surface area contributed by atoms with Crippen LogP contribution in [0.2, 0.25) is 0 Å². The van der Waals surface area contributed by atoms with E-state index in [1.54, 1.807) is 7.11 Å². The first-order valence-electron chi connectivity index (χ1n) is 7.85. The third kappa shape index (κ3) is 7.88. The third-order valence-electron chi connectivity index (χ3n) is 3.09. The van der Waals surface area contributed by atoms with E-state index < -0.39 is 17.6 Å². The Balaban J connectivity index is 2.42. The maximum Gasteiger partial charge on any atom is 0.416 e. The summed E-state index contributed by atoms with van der Waals surface area (Å²) in [5.74, 6) is 0.167. The lowest BCUT2D eigenvalue weighted by molar-refractivity contribution is -0.137. The number of methoxy groups -OCH3 is 1. The van der Waals surface area contributed by atoms with Crippen molar-refractivity contribution in [3.63, 3.8) is 0 Å². The van der Waals surface area contributed by atoms with E-state index in [1.807, 2.05) is 6.92 Å². The van der Waals surface area contributed by atoms with Crippen LogP contribution in [0.15, 0.2) is 29.3 Å². The smallest absolute Gasteiger partial charge is 0.383 e. The van der Waals surface area contributed by atoms with Crippen LogP contribution in [0, 0.1) is 0 Å². The van der Waals surface area contributed by atoms with E-state index in [-0.39, 0.29) is 5.56 Å². The molecule has 0 radical (unpaired) electrons. The molecule has 1 amide bonds. The number of aliphatic imine (C=N–C) groups is 1. The van der Waals surface area contributed by atoms with E-state index in [4.69, 9.17) is 4.74 Å². The minimum absolute atomic E-state index is 0.175. The molecule has 0 aliphatic heterocycles. The molecule has 0 bridgehead atoms. The average Bonchev–Trinajstić information content (AvgIpc) is 2.58. The lowest BCUT2D eigenvalue weighted by atomic mass is 10.1. The molecule has 0 unspecified atom stereocenters. The van der Waals surface area contributed by atoms with E-state index in [0.717, 1.165) is 24.3 Å². The number of ether oxygens (including phenoxy) is 1. The van der Waals surface area contributed by atoms with Crippen molar-refractivity contribution in [2.24, 2.45) is 4.99 Å². The third-order valence-corrected chi connectivity index (χ3v) is 3.09. The first kappa shape index (κ1) is 20.8. The quantitative estimate of drug-likeness (QED) is 0.374. The van der Waals surface area contributed by atoms with Crippen LogP contribution in [0.25, 0.3) is 0 Å². The molecule has 0 heterocycles. The number of alkyl halides is 3. The summed E-state index contributed by atoms with van der Waals surface area (Å²) >= 11 is 0. The minimum Gasteiger partial charge on any atom is -0.383 e. The molecule has 140 valence electrons. The number of carbonyl (C=O) groups is 1. The molecular weight excluding hydrogens is 337 g/mol. The normalized spacial score (nSPS) is 12.0. The maximum atomic E-state index is 12.5. The molecule has 1 aromatic rings. The number of nitrogens with one attached hydrogen (secondary N) is 3. The summed E-state index contributed by atoms with van der Waals surface area (Å²) in [4.78, 5) is 16.2. The maximum absolute atomic E-state index is 12.5. The van der Waals surface area contributed by atoms with Crippen LogP contribution < -0.4 is 16.0 Å². The molecule has 1 aromatic carbocycles. The van der Waals surface area contributed by atoms with Gasteiger partial charge in [0, 0.05) is 32.3 Å². The predicted molar refractivity (Wildman–Crippen MR) is 89.6 cm³/mol. The van der Waals surface area contributed by atoms with Crippen LogP contribution >= 0.6 is 0 Å². The van der Waals surface area contributed by atoms with Gasteiger partial charge in [-0.3, -0.25) is 9.79 Å². The molecule has 0 saturated heterocycles. The van der Waals surface area contributed by atoms with Crippen molar-refractivity contribution in [2.75, 3.05) is 39.9 Å². The number of halogens is 3. The Labute approximate surface area is 144 Å². The number of rotatable bonds is 8. The number of hydrogen-bond acceptors (Lipinski definition) is 3. The minimum atomic E-state index is -4.41. The van der Waals surface area contributed by atoms with Crippen LogP contribution in [-0.2, 0) is 10.9 Å². The summed E-state index contributed by atoms with van der Waals surface area (Å²) in [6, 6.07) is 4.08. The van der Waals surface area contributed by atoms with Crippen molar-refractivity contribution in [2.45, 2.75) is 13.1 Å². The summed E-state index contributed by atoms with van der Waals surface area (Å²) in [5, 5.41) is 8.71. The fourth-order valence-corrected chi connectivity index (χ4v) is 1.86. The molecule has 0 fully saturated rings. The molecule has 0 aliphatic rings. The van der Waals surface area contributed by atoms with Gasteiger partial charge in [-0.2, -0.15) is 13.2 Å². The van der Waals surface area contributed by atoms with Gasteiger partial charge in [0.2, 0.25) is 0 Å². The molecule has 0 aromatic heterocycles.